The molecule has 0 unspecified atom stereocenters. The van der Waals surface area contributed by atoms with E-state index in [0.29, 0.717) is 36.8 Å². The maximum absolute atomic E-state index is 14.0. The highest BCUT2D eigenvalue weighted by Gasteiger charge is 2.28. The molecular formula is C18H20FN5O. The molecule has 4 rings (SSSR count). The number of hydrogen-bond donors (Lipinski definition) is 1. The van der Waals surface area contributed by atoms with Crippen LogP contribution in [0.2, 0.25) is 0 Å². The fourth-order valence-electron chi connectivity index (χ4n) is 3.51. The second kappa shape index (κ2) is 6.31. The van der Waals surface area contributed by atoms with Gasteiger partial charge in [-0.25, -0.2) is 14.4 Å². The molecule has 1 amide bonds. The number of carbonyl (C=O) groups is 1. The van der Waals surface area contributed by atoms with E-state index in [-0.39, 0.29) is 11.7 Å². The first kappa shape index (κ1) is 15.8. The van der Waals surface area contributed by atoms with Crippen LogP contribution in [0.3, 0.4) is 0 Å². The summed E-state index contributed by atoms with van der Waals surface area (Å²) in [4.78, 5) is 25.2. The molecule has 2 aliphatic heterocycles. The smallest absolute Gasteiger partial charge is 0.270 e. The maximum Gasteiger partial charge on any atom is 0.270 e. The van der Waals surface area contributed by atoms with E-state index in [4.69, 9.17) is 0 Å². The summed E-state index contributed by atoms with van der Waals surface area (Å²) in [6, 6.07) is 6.86. The topological polar surface area (TPSA) is 61.4 Å². The third-order valence-electron chi connectivity index (χ3n) is 4.75. The number of nitrogens with zero attached hydrogens (tertiary/aromatic N) is 4. The Morgan fingerprint density at radius 3 is 2.56 bits per heavy atom. The van der Waals surface area contributed by atoms with Gasteiger partial charge in [-0.05, 0) is 25.5 Å². The van der Waals surface area contributed by atoms with E-state index >= 15 is 0 Å². The first-order valence-corrected chi connectivity index (χ1v) is 8.53. The number of aryl methyl sites for hydroxylation is 1. The van der Waals surface area contributed by atoms with Crippen molar-refractivity contribution in [3.8, 4) is 0 Å². The van der Waals surface area contributed by atoms with Gasteiger partial charge in [-0.2, -0.15) is 0 Å². The van der Waals surface area contributed by atoms with Gasteiger partial charge in [0, 0.05) is 38.3 Å². The lowest BCUT2D eigenvalue weighted by Crippen LogP contribution is -2.48. The second-order valence-electron chi connectivity index (χ2n) is 6.35. The van der Waals surface area contributed by atoms with Gasteiger partial charge in [0.15, 0.2) is 0 Å². The van der Waals surface area contributed by atoms with Crippen molar-refractivity contribution in [1.82, 2.24) is 15.3 Å². The minimum absolute atomic E-state index is 0.127. The van der Waals surface area contributed by atoms with Crippen LogP contribution in [0.4, 0.5) is 15.9 Å². The summed E-state index contributed by atoms with van der Waals surface area (Å²) in [5.41, 5.74) is 2.06. The minimum Gasteiger partial charge on any atom is -0.366 e. The summed E-state index contributed by atoms with van der Waals surface area (Å²) < 4.78 is 14.0. The molecule has 130 valence electrons. The summed E-state index contributed by atoms with van der Waals surface area (Å²) in [5.74, 6) is 1.13. The zero-order valence-corrected chi connectivity index (χ0v) is 14.1. The maximum atomic E-state index is 14.0. The third kappa shape index (κ3) is 2.90. The van der Waals surface area contributed by atoms with Crippen LogP contribution in [0, 0.1) is 12.7 Å². The number of para-hydroxylation sites is 1. The fourth-order valence-corrected chi connectivity index (χ4v) is 3.51. The van der Waals surface area contributed by atoms with E-state index in [1.165, 1.54) is 6.07 Å². The van der Waals surface area contributed by atoms with Gasteiger partial charge >= 0.3 is 0 Å². The van der Waals surface area contributed by atoms with E-state index < -0.39 is 0 Å². The lowest BCUT2D eigenvalue weighted by atomic mass is 10.1. The molecule has 3 heterocycles. The molecule has 2 aliphatic rings. The molecule has 0 bridgehead atoms. The van der Waals surface area contributed by atoms with Gasteiger partial charge < -0.3 is 15.1 Å². The van der Waals surface area contributed by atoms with Crippen LogP contribution in [0.5, 0.6) is 0 Å². The number of amides is 1. The fraction of sp³-hybridized carbons (Fsp3) is 0.389. The molecule has 1 fully saturated rings. The number of rotatable bonds is 2. The predicted octanol–water partition coefficient (Wildman–Crippen LogP) is 1.54. The molecule has 0 spiro atoms. The van der Waals surface area contributed by atoms with Gasteiger partial charge in [-0.1, -0.05) is 12.1 Å². The summed E-state index contributed by atoms with van der Waals surface area (Å²) in [5, 5.41) is 2.83. The number of halogens is 1. The monoisotopic (exact) mass is 341 g/mol. The van der Waals surface area contributed by atoms with Crippen LogP contribution < -0.4 is 15.1 Å². The van der Waals surface area contributed by atoms with Crippen molar-refractivity contribution in [2.75, 3.05) is 42.5 Å². The molecule has 1 N–H and O–H groups in total. The average molecular weight is 341 g/mol. The Hall–Kier alpha value is -2.70. The van der Waals surface area contributed by atoms with Gasteiger partial charge in [0.2, 0.25) is 0 Å². The average Bonchev–Trinajstić information content (AvgIpc) is 2.63. The van der Waals surface area contributed by atoms with Crippen LogP contribution >= 0.6 is 0 Å². The van der Waals surface area contributed by atoms with E-state index in [9.17, 15) is 9.18 Å². The molecule has 0 saturated carbocycles. The van der Waals surface area contributed by atoms with Crippen molar-refractivity contribution in [3.05, 3.63) is 47.2 Å². The molecule has 0 aliphatic carbocycles. The Kier molecular flexibility index (Phi) is 3.99. The number of anilines is 2. The first-order valence-electron chi connectivity index (χ1n) is 8.53. The largest absolute Gasteiger partial charge is 0.366 e. The van der Waals surface area contributed by atoms with Crippen LogP contribution in [-0.4, -0.2) is 48.6 Å². The standard InChI is InChI=1S/C18H20FN5O/c1-12-21-16-13(6-7-20-18(16)25)17(22-12)24-10-8-23(9-11-24)15-5-3-2-4-14(15)19/h2-5H,6-11H2,1H3,(H,20,25). The summed E-state index contributed by atoms with van der Waals surface area (Å²) in [7, 11) is 0. The summed E-state index contributed by atoms with van der Waals surface area (Å²) >= 11 is 0. The predicted molar refractivity (Wildman–Crippen MR) is 93.6 cm³/mol. The van der Waals surface area contributed by atoms with Gasteiger partial charge in [0.25, 0.3) is 5.91 Å². The van der Waals surface area contributed by atoms with Gasteiger partial charge in [-0.15, -0.1) is 0 Å². The van der Waals surface area contributed by atoms with Crippen LogP contribution in [0.25, 0.3) is 0 Å². The van der Waals surface area contributed by atoms with Crippen molar-refractivity contribution in [2.45, 2.75) is 13.3 Å². The molecule has 7 heteroatoms. The highest BCUT2D eigenvalue weighted by atomic mass is 19.1. The molecule has 2 aromatic rings. The number of nitrogens with one attached hydrogen (secondary N) is 1. The molecule has 25 heavy (non-hydrogen) atoms. The Balaban J connectivity index is 1.57. The highest BCUT2D eigenvalue weighted by Crippen LogP contribution is 2.26. The number of hydrogen-bond acceptors (Lipinski definition) is 5. The van der Waals surface area contributed by atoms with Crippen molar-refractivity contribution >= 4 is 17.4 Å². The quantitative estimate of drug-likeness (QED) is 0.898. The zero-order valence-electron chi connectivity index (χ0n) is 14.1. The lowest BCUT2D eigenvalue weighted by molar-refractivity contribution is 0.0940. The second-order valence-corrected chi connectivity index (χ2v) is 6.35. The number of fused-ring (bicyclic) bond motifs is 1. The summed E-state index contributed by atoms with van der Waals surface area (Å²) in [6.45, 7) is 5.31. The normalized spacial score (nSPS) is 17.3. The Bertz CT molecular complexity index is 817. The highest BCUT2D eigenvalue weighted by molar-refractivity contribution is 5.96. The van der Waals surface area contributed by atoms with Gasteiger partial charge in [0.05, 0.1) is 5.69 Å². The Morgan fingerprint density at radius 2 is 1.80 bits per heavy atom. The molecular weight excluding hydrogens is 321 g/mol. The molecule has 6 nitrogen and oxygen atoms in total. The lowest BCUT2D eigenvalue weighted by Gasteiger charge is -2.38. The third-order valence-corrected chi connectivity index (χ3v) is 4.75. The van der Waals surface area contributed by atoms with Gasteiger partial charge in [-0.3, -0.25) is 4.79 Å². The van der Waals surface area contributed by atoms with Crippen molar-refractivity contribution in [1.29, 1.82) is 0 Å². The molecule has 1 aromatic heterocycles. The number of piperazine rings is 1. The Labute approximate surface area is 145 Å². The first-order chi connectivity index (χ1) is 12.1. The van der Waals surface area contributed by atoms with Crippen molar-refractivity contribution in [3.63, 3.8) is 0 Å². The van der Waals surface area contributed by atoms with Crippen LogP contribution in [0.15, 0.2) is 24.3 Å². The van der Waals surface area contributed by atoms with E-state index in [1.807, 2.05) is 12.1 Å². The van der Waals surface area contributed by atoms with Crippen molar-refractivity contribution < 1.29 is 9.18 Å². The molecule has 1 saturated heterocycles. The van der Waals surface area contributed by atoms with Crippen LogP contribution in [0.1, 0.15) is 21.9 Å². The van der Waals surface area contributed by atoms with Gasteiger partial charge in [0.1, 0.15) is 23.2 Å². The zero-order chi connectivity index (χ0) is 17.4. The van der Waals surface area contributed by atoms with Crippen LogP contribution in [-0.2, 0) is 6.42 Å². The molecule has 0 atom stereocenters. The number of aromatic nitrogens is 2. The van der Waals surface area contributed by atoms with E-state index in [0.717, 1.165) is 30.9 Å². The summed E-state index contributed by atoms with van der Waals surface area (Å²) in [6.07, 6.45) is 0.740. The van der Waals surface area contributed by atoms with E-state index in [2.05, 4.69) is 25.1 Å². The van der Waals surface area contributed by atoms with Crippen molar-refractivity contribution in [2.24, 2.45) is 0 Å². The number of benzene rings is 1. The van der Waals surface area contributed by atoms with E-state index in [1.54, 1.807) is 13.0 Å². The Morgan fingerprint density at radius 1 is 1.08 bits per heavy atom. The molecule has 0 radical (unpaired) electrons. The SMILES string of the molecule is Cc1nc2c(c(N3CCN(c4ccccc4F)CC3)n1)CCNC2=O. The molecule has 1 aromatic carbocycles. The minimum atomic E-state index is -0.192. The number of carbonyl (C=O) groups excluding carboxylic acids is 1.